The van der Waals surface area contributed by atoms with Gasteiger partial charge in [-0.1, -0.05) is 50.1 Å². The predicted octanol–water partition coefficient (Wildman–Crippen LogP) is 4.30. The largest absolute Gasteiger partial charge is 0.306 e. The van der Waals surface area contributed by atoms with E-state index >= 15 is 0 Å². The molecular formula is C17H27N. The van der Waals surface area contributed by atoms with Gasteiger partial charge in [0.1, 0.15) is 0 Å². The third kappa shape index (κ3) is 2.95. The van der Waals surface area contributed by atoms with E-state index in [1.54, 1.807) is 5.56 Å². The first-order chi connectivity index (χ1) is 8.74. The highest BCUT2D eigenvalue weighted by Gasteiger charge is 2.32. The summed E-state index contributed by atoms with van der Waals surface area (Å²) < 4.78 is 0. The lowest BCUT2D eigenvalue weighted by Crippen LogP contribution is -2.39. The molecule has 0 heterocycles. The van der Waals surface area contributed by atoms with Crippen LogP contribution in [-0.4, -0.2) is 25.0 Å². The second kappa shape index (κ2) is 6.38. The smallest absolute Gasteiger partial charge is 0.0121 e. The molecule has 1 aliphatic rings. The fraction of sp³-hybridized carbons (Fsp3) is 0.647. The molecule has 0 saturated heterocycles. The van der Waals surface area contributed by atoms with Gasteiger partial charge in [-0.05, 0) is 50.8 Å². The quantitative estimate of drug-likeness (QED) is 0.764. The van der Waals surface area contributed by atoms with Crippen LogP contribution >= 0.6 is 0 Å². The Morgan fingerprint density at radius 3 is 2.39 bits per heavy atom. The Kier molecular flexibility index (Phi) is 4.82. The van der Waals surface area contributed by atoms with Crippen LogP contribution in [0.3, 0.4) is 0 Å². The van der Waals surface area contributed by atoms with Gasteiger partial charge in [-0.15, -0.1) is 0 Å². The Balaban J connectivity index is 2.20. The van der Waals surface area contributed by atoms with Crippen LogP contribution in [0.4, 0.5) is 0 Å². The highest BCUT2D eigenvalue weighted by atomic mass is 15.1. The zero-order chi connectivity index (χ0) is 13.0. The van der Waals surface area contributed by atoms with Gasteiger partial charge in [0.15, 0.2) is 0 Å². The minimum Gasteiger partial charge on any atom is -0.306 e. The van der Waals surface area contributed by atoms with Crippen LogP contribution in [0, 0.1) is 5.92 Å². The molecule has 18 heavy (non-hydrogen) atoms. The van der Waals surface area contributed by atoms with Crippen LogP contribution in [0.2, 0.25) is 0 Å². The Morgan fingerprint density at radius 1 is 1.11 bits per heavy atom. The summed E-state index contributed by atoms with van der Waals surface area (Å²) in [4.78, 5) is 2.44. The summed E-state index contributed by atoms with van der Waals surface area (Å²) in [6, 6.07) is 11.9. The molecule has 0 amide bonds. The van der Waals surface area contributed by atoms with E-state index in [0.717, 1.165) is 17.9 Å². The summed E-state index contributed by atoms with van der Waals surface area (Å²) >= 11 is 0. The topological polar surface area (TPSA) is 3.24 Å². The van der Waals surface area contributed by atoms with E-state index in [4.69, 9.17) is 0 Å². The van der Waals surface area contributed by atoms with Crippen LogP contribution < -0.4 is 0 Å². The van der Waals surface area contributed by atoms with Crippen LogP contribution in [0.25, 0.3) is 0 Å². The van der Waals surface area contributed by atoms with Crippen molar-refractivity contribution in [1.82, 2.24) is 4.90 Å². The predicted molar refractivity (Wildman–Crippen MR) is 78.9 cm³/mol. The van der Waals surface area contributed by atoms with Crippen molar-refractivity contribution in [3.05, 3.63) is 35.9 Å². The van der Waals surface area contributed by atoms with E-state index in [2.05, 4.69) is 56.3 Å². The van der Waals surface area contributed by atoms with Gasteiger partial charge in [0.2, 0.25) is 0 Å². The lowest BCUT2D eigenvalue weighted by atomic mass is 9.71. The fourth-order valence-corrected chi connectivity index (χ4v) is 3.79. The number of nitrogens with zero attached hydrogens (tertiary/aromatic N) is 1. The Morgan fingerprint density at radius 2 is 1.78 bits per heavy atom. The van der Waals surface area contributed by atoms with E-state index in [9.17, 15) is 0 Å². The monoisotopic (exact) mass is 245 g/mol. The van der Waals surface area contributed by atoms with Crippen LogP contribution in [0.5, 0.6) is 0 Å². The summed E-state index contributed by atoms with van der Waals surface area (Å²) in [5, 5.41) is 0. The van der Waals surface area contributed by atoms with Crippen molar-refractivity contribution >= 4 is 0 Å². The minimum atomic E-state index is 0.732. The normalized spacial score (nSPS) is 26.2. The molecule has 0 radical (unpaired) electrons. The van der Waals surface area contributed by atoms with E-state index in [0.29, 0.717) is 0 Å². The van der Waals surface area contributed by atoms with Gasteiger partial charge in [-0.2, -0.15) is 0 Å². The first-order valence-electron chi connectivity index (χ1n) is 7.45. The van der Waals surface area contributed by atoms with Gasteiger partial charge in [0.25, 0.3) is 0 Å². The molecule has 1 aromatic rings. The highest BCUT2D eigenvalue weighted by molar-refractivity contribution is 5.21. The second-order valence-corrected chi connectivity index (χ2v) is 5.90. The molecule has 2 rings (SSSR count). The van der Waals surface area contributed by atoms with Crippen LogP contribution in [-0.2, 0) is 0 Å². The zero-order valence-electron chi connectivity index (χ0n) is 12.1. The Hall–Kier alpha value is -0.820. The molecule has 3 atom stereocenters. The lowest BCUT2D eigenvalue weighted by molar-refractivity contribution is 0.145. The van der Waals surface area contributed by atoms with Crippen molar-refractivity contribution in [3.63, 3.8) is 0 Å². The maximum Gasteiger partial charge on any atom is 0.0121 e. The van der Waals surface area contributed by atoms with Crippen molar-refractivity contribution in [2.24, 2.45) is 5.92 Å². The molecule has 0 N–H and O–H groups in total. The summed E-state index contributed by atoms with van der Waals surface area (Å²) in [5.74, 6) is 1.61. The van der Waals surface area contributed by atoms with Crippen molar-refractivity contribution < 1.29 is 0 Å². The third-order valence-electron chi connectivity index (χ3n) is 4.62. The van der Waals surface area contributed by atoms with E-state index in [-0.39, 0.29) is 0 Å². The van der Waals surface area contributed by atoms with Crippen molar-refractivity contribution in [1.29, 1.82) is 0 Å². The minimum absolute atomic E-state index is 0.732. The van der Waals surface area contributed by atoms with Crippen LogP contribution in [0.1, 0.15) is 50.5 Å². The third-order valence-corrected chi connectivity index (χ3v) is 4.62. The van der Waals surface area contributed by atoms with Crippen molar-refractivity contribution in [2.45, 2.75) is 51.0 Å². The molecule has 1 fully saturated rings. The molecule has 1 aromatic carbocycles. The molecule has 1 heteroatoms. The molecule has 1 nitrogen and oxygen atoms in total. The molecule has 100 valence electrons. The molecular weight excluding hydrogens is 218 g/mol. The van der Waals surface area contributed by atoms with Gasteiger partial charge >= 0.3 is 0 Å². The highest BCUT2D eigenvalue weighted by Crippen LogP contribution is 2.41. The molecule has 3 unspecified atom stereocenters. The summed E-state index contributed by atoms with van der Waals surface area (Å²) in [6.07, 6.45) is 6.86. The molecule has 1 saturated carbocycles. The average Bonchev–Trinajstić information content (AvgIpc) is 2.41. The Labute approximate surface area is 112 Å². The lowest BCUT2D eigenvalue weighted by Gasteiger charge is -2.40. The molecule has 0 aliphatic heterocycles. The first-order valence-corrected chi connectivity index (χ1v) is 7.45. The maximum absolute atomic E-state index is 2.44. The standard InChI is InChI=1S/C17H27N/c1-4-17(18(2)3)16-13-9-8-12-15(16)14-10-6-5-7-11-14/h5-7,10-11,15-17H,4,8-9,12-13H2,1-3H3. The molecule has 0 spiro atoms. The Bertz CT molecular complexity index is 344. The number of hydrogen-bond acceptors (Lipinski definition) is 1. The molecule has 0 aromatic heterocycles. The number of benzene rings is 1. The average molecular weight is 245 g/mol. The van der Waals surface area contributed by atoms with Crippen molar-refractivity contribution in [2.75, 3.05) is 14.1 Å². The van der Waals surface area contributed by atoms with Gasteiger partial charge in [-0.25, -0.2) is 0 Å². The maximum atomic E-state index is 2.44. The van der Waals surface area contributed by atoms with Gasteiger partial charge < -0.3 is 4.90 Å². The SMILES string of the molecule is CCC(C1CCCCC1c1ccccc1)N(C)C. The number of hydrogen-bond donors (Lipinski definition) is 0. The fourth-order valence-electron chi connectivity index (χ4n) is 3.79. The van der Waals surface area contributed by atoms with Gasteiger partial charge in [0.05, 0.1) is 0 Å². The molecule has 0 bridgehead atoms. The first kappa shape index (κ1) is 13.6. The zero-order valence-corrected chi connectivity index (χ0v) is 12.1. The summed E-state index contributed by atoms with van der Waals surface area (Å²) in [7, 11) is 4.48. The van der Waals surface area contributed by atoms with E-state index in [1.165, 1.54) is 32.1 Å². The van der Waals surface area contributed by atoms with E-state index < -0.39 is 0 Å². The molecule has 1 aliphatic carbocycles. The van der Waals surface area contributed by atoms with Crippen molar-refractivity contribution in [3.8, 4) is 0 Å². The second-order valence-electron chi connectivity index (χ2n) is 5.90. The number of rotatable bonds is 4. The van der Waals surface area contributed by atoms with Crippen LogP contribution in [0.15, 0.2) is 30.3 Å². The van der Waals surface area contributed by atoms with Gasteiger partial charge in [-0.3, -0.25) is 0 Å². The summed E-state index contributed by atoms with van der Waals surface area (Å²) in [5.41, 5.74) is 1.56. The van der Waals surface area contributed by atoms with Gasteiger partial charge in [0, 0.05) is 6.04 Å². The summed E-state index contributed by atoms with van der Waals surface area (Å²) in [6.45, 7) is 2.33. The van der Waals surface area contributed by atoms with E-state index in [1.807, 2.05) is 0 Å².